The van der Waals surface area contributed by atoms with Gasteiger partial charge in [-0.1, -0.05) is 0 Å². The summed E-state index contributed by atoms with van der Waals surface area (Å²) in [7, 11) is 0. The van der Waals surface area contributed by atoms with Crippen LogP contribution in [0.25, 0.3) is 0 Å². The molecule has 1 aliphatic heterocycles. The Labute approximate surface area is 92.5 Å². The largest absolute Gasteiger partial charge is 0.463 e. The van der Waals surface area contributed by atoms with E-state index in [0.717, 1.165) is 0 Å². The van der Waals surface area contributed by atoms with Gasteiger partial charge in [-0.3, -0.25) is 9.59 Å². The number of primary amides is 1. The van der Waals surface area contributed by atoms with E-state index in [9.17, 15) is 31.5 Å². The molecular formula is C8H9F5N2O2. The maximum absolute atomic E-state index is 12.7. The van der Waals surface area contributed by atoms with E-state index in [2.05, 4.69) is 0 Å². The summed E-state index contributed by atoms with van der Waals surface area (Å²) in [4.78, 5) is 22.1. The molecule has 2 amide bonds. The van der Waals surface area contributed by atoms with Crippen molar-refractivity contribution in [3.63, 3.8) is 0 Å². The first-order chi connectivity index (χ1) is 7.59. The zero-order valence-corrected chi connectivity index (χ0v) is 8.43. The van der Waals surface area contributed by atoms with Crippen LogP contribution in [0.3, 0.4) is 0 Å². The van der Waals surface area contributed by atoms with Crippen LogP contribution in [0.1, 0.15) is 12.8 Å². The van der Waals surface area contributed by atoms with Crippen molar-refractivity contribution in [3.05, 3.63) is 0 Å². The predicted octanol–water partition coefficient (Wildman–Crippen LogP) is 0.660. The molecule has 1 saturated heterocycles. The Bertz CT molecular complexity index is 341. The number of hydrogen-bond acceptors (Lipinski definition) is 2. The molecule has 1 aliphatic rings. The van der Waals surface area contributed by atoms with Crippen molar-refractivity contribution in [2.75, 3.05) is 6.54 Å². The van der Waals surface area contributed by atoms with Gasteiger partial charge in [-0.2, -0.15) is 22.0 Å². The number of hydrogen-bond donors (Lipinski definition) is 1. The number of halogens is 5. The van der Waals surface area contributed by atoms with Gasteiger partial charge in [0.25, 0.3) is 0 Å². The number of nitrogens with zero attached hydrogens (tertiary/aromatic N) is 1. The Kier molecular flexibility index (Phi) is 3.30. The maximum Gasteiger partial charge on any atom is 0.463 e. The van der Waals surface area contributed by atoms with Crippen LogP contribution >= 0.6 is 0 Å². The van der Waals surface area contributed by atoms with E-state index in [-0.39, 0.29) is 24.3 Å². The first kappa shape index (κ1) is 13.7. The lowest BCUT2D eigenvalue weighted by Gasteiger charge is -2.27. The molecule has 0 radical (unpaired) electrons. The zero-order chi connectivity index (χ0) is 13.4. The number of rotatable bonds is 2. The van der Waals surface area contributed by atoms with E-state index in [4.69, 9.17) is 5.73 Å². The van der Waals surface area contributed by atoms with E-state index in [0.29, 0.717) is 0 Å². The van der Waals surface area contributed by atoms with Crippen LogP contribution in [0, 0.1) is 0 Å². The van der Waals surface area contributed by atoms with Crippen LogP contribution in [-0.4, -0.2) is 41.4 Å². The number of nitrogens with two attached hydrogens (primary N) is 1. The molecular weight excluding hydrogens is 251 g/mol. The maximum atomic E-state index is 12.7. The molecule has 0 aliphatic carbocycles. The predicted molar refractivity (Wildman–Crippen MR) is 44.9 cm³/mol. The van der Waals surface area contributed by atoms with Gasteiger partial charge in [-0.05, 0) is 12.8 Å². The van der Waals surface area contributed by atoms with Crippen LogP contribution in [0.2, 0.25) is 0 Å². The smallest absolute Gasteiger partial charge is 0.368 e. The SMILES string of the molecule is NC(=O)C1CCCN1C(=O)C(F)(F)C(F)(F)F. The minimum atomic E-state index is -5.98. The second kappa shape index (κ2) is 4.11. The van der Waals surface area contributed by atoms with Gasteiger partial charge in [0, 0.05) is 6.54 Å². The molecule has 1 rings (SSSR count). The number of likely N-dealkylation sites (tertiary alicyclic amines) is 1. The highest BCUT2D eigenvalue weighted by Crippen LogP contribution is 2.38. The van der Waals surface area contributed by atoms with E-state index in [1.165, 1.54) is 0 Å². The van der Waals surface area contributed by atoms with Crippen molar-refractivity contribution >= 4 is 11.8 Å². The van der Waals surface area contributed by atoms with Crippen molar-refractivity contribution < 1.29 is 31.5 Å². The van der Waals surface area contributed by atoms with Crippen molar-refractivity contribution in [3.8, 4) is 0 Å². The number of amides is 2. The van der Waals surface area contributed by atoms with E-state index in [1.54, 1.807) is 0 Å². The minimum Gasteiger partial charge on any atom is -0.368 e. The Hall–Kier alpha value is -1.41. The summed E-state index contributed by atoms with van der Waals surface area (Å²) in [5.74, 6) is -9.01. The van der Waals surface area contributed by atoms with Crippen LogP contribution < -0.4 is 5.73 Å². The van der Waals surface area contributed by atoms with Gasteiger partial charge in [0.2, 0.25) is 5.91 Å². The van der Waals surface area contributed by atoms with Gasteiger partial charge in [0.1, 0.15) is 6.04 Å². The quantitative estimate of drug-likeness (QED) is 0.741. The lowest BCUT2D eigenvalue weighted by molar-refractivity contribution is -0.274. The van der Waals surface area contributed by atoms with E-state index in [1.807, 2.05) is 0 Å². The second-order valence-electron chi connectivity index (χ2n) is 3.63. The molecule has 1 atom stereocenters. The van der Waals surface area contributed by atoms with Gasteiger partial charge >= 0.3 is 18.0 Å². The molecule has 1 fully saturated rings. The van der Waals surface area contributed by atoms with Gasteiger partial charge in [-0.15, -0.1) is 0 Å². The third-order valence-corrected chi connectivity index (χ3v) is 2.47. The zero-order valence-electron chi connectivity index (χ0n) is 8.43. The third-order valence-electron chi connectivity index (χ3n) is 2.47. The summed E-state index contributed by atoms with van der Waals surface area (Å²) in [6.45, 7) is -0.335. The first-order valence-corrected chi connectivity index (χ1v) is 4.64. The Morgan fingerprint density at radius 2 is 1.71 bits per heavy atom. The minimum absolute atomic E-state index is 0.00495. The third kappa shape index (κ3) is 2.32. The van der Waals surface area contributed by atoms with Crippen molar-refractivity contribution in [1.29, 1.82) is 0 Å². The standard InChI is InChI=1S/C8H9F5N2O2/c9-7(10,8(11,12)13)6(17)15-3-1-2-4(15)5(14)16/h4H,1-3H2,(H2,14,16). The molecule has 1 unspecified atom stereocenters. The molecule has 0 bridgehead atoms. The fourth-order valence-electron chi connectivity index (χ4n) is 1.61. The number of alkyl halides is 5. The lowest BCUT2D eigenvalue weighted by atomic mass is 10.2. The summed E-state index contributed by atoms with van der Waals surface area (Å²) in [6, 6.07) is -1.39. The normalized spacial score (nSPS) is 21.7. The molecule has 4 nitrogen and oxygen atoms in total. The van der Waals surface area contributed by atoms with Crippen molar-refractivity contribution in [2.45, 2.75) is 31.0 Å². The fourth-order valence-corrected chi connectivity index (χ4v) is 1.61. The summed E-state index contributed by atoms with van der Waals surface area (Å²) in [5, 5.41) is 0. The van der Waals surface area contributed by atoms with Gasteiger partial charge in [0.15, 0.2) is 0 Å². The molecule has 0 aromatic heterocycles. The Morgan fingerprint density at radius 1 is 1.18 bits per heavy atom. The molecule has 0 spiro atoms. The van der Waals surface area contributed by atoms with Gasteiger partial charge in [-0.25, -0.2) is 0 Å². The van der Waals surface area contributed by atoms with Gasteiger partial charge < -0.3 is 10.6 Å². The van der Waals surface area contributed by atoms with Crippen LogP contribution in [0.5, 0.6) is 0 Å². The molecule has 0 aromatic carbocycles. The lowest BCUT2D eigenvalue weighted by Crippen LogP contribution is -2.55. The monoisotopic (exact) mass is 260 g/mol. The fraction of sp³-hybridized carbons (Fsp3) is 0.750. The second-order valence-corrected chi connectivity index (χ2v) is 3.63. The molecule has 17 heavy (non-hydrogen) atoms. The number of carbonyl (C=O) groups is 2. The highest BCUT2D eigenvalue weighted by Gasteiger charge is 2.65. The molecule has 1 heterocycles. The van der Waals surface area contributed by atoms with Crippen LogP contribution in [-0.2, 0) is 9.59 Å². The summed E-state index contributed by atoms with van der Waals surface area (Å²) in [6.07, 6.45) is -5.82. The Morgan fingerprint density at radius 3 is 2.12 bits per heavy atom. The molecule has 0 aromatic rings. The van der Waals surface area contributed by atoms with Gasteiger partial charge in [0.05, 0.1) is 0 Å². The van der Waals surface area contributed by atoms with Crippen molar-refractivity contribution in [2.24, 2.45) is 5.73 Å². The average Bonchev–Trinajstić information content (AvgIpc) is 2.62. The molecule has 0 saturated carbocycles. The van der Waals surface area contributed by atoms with Crippen LogP contribution in [0.4, 0.5) is 22.0 Å². The first-order valence-electron chi connectivity index (χ1n) is 4.64. The van der Waals surface area contributed by atoms with Crippen LogP contribution in [0.15, 0.2) is 0 Å². The summed E-state index contributed by atoms with van der Waals surface area (Å²) >= 11 is 0. The molecule has 2 N–H and O–H groups in total. The molecule has 98 valence electrons. The summed E-state index contributed by atoms with van der Waals surface area (Å²) < 4.78 is 61.3. The Balaban J connectivity index is 2.94. The summed E-state index contributed by atoms with van der Waals surface area (Å²) in [5.41, 5.74) is 4.82. The number of carbonyl (C=O) groups excluding carboxylic acids is 2. The molecule has 9 heteroatoms. The average molecular weight is 260 g/mol. The highest BCUT2D eigenvalue weighted by molar-refractivity contribution is 5.91. The van der Waals surface area contributed by atoms with Crippen molar-refractivity contribution in [1.82, 2.24) is 4.90 Å². The van der Waals surface area contributed by atoms with E-state index < -0.39 is 30.0 Å². The van der Waals surface area contributed by atoms with E-state index >= 15 is 0 Å². The highest BCUT2D eigenvalue weighted by atomic mass is 19.4. The topological polar surface area (TPSA) is 63.4 Å².